The maximum atomic E-state index is 13.0. The van der Waals surface area contributed by atoms with Crippen molar-refractivity contribution in [1.82, 2.24) is 15.1 Å². The number of hydrogen-bond donors (Lipinski definition) is 1. The van der Waals surface area contributed by atoms with Gasteiger partial charge in [-0.3, -0.25) is 4.79 Å². The van der Waals surface area contributed by atoms with Crippen molar-refractivity contribution in [2.75, 3.05) is 45.8 Å². The van der Waals surface area contributed by atoms with Crippen LogP contribution in [0.2, 0.25) is 0 Å². The lowest BCUT2D eigenvalue weighted by Crippen LogP contribution is -2.40. The molecule has 0 spiro atoms. The molecule has 1 N–H and O–H groups in total. The Kier molecular flexibility index (Phi) is 5.62. The fourth-order valence-electron chi connectivity index (χ4n) is 3.58. The van der Waals surface area contributed by atoms with Crippen molar-refractivity contribution in [3.05, 3.63) is 35.6 Å². The second-order valence-electron chi connectivity index (χ2n) is 6.67. The van der Waals surface area contributed by atoms with Gasteiger partial charge >= 0.3 is 0 Å². The van der Waals surface area contributed by atoms with E-state index >= 15 is 0 Å². The quantitative estimate of drug-likeness (QED) is 0.925. The Bertz CT molecular complexity index is 514. The molecule has 0 aromatic heterocycles. The van der Waals surface area contributed by atoms with Crippen molar-refractivity contribution < 1.29 is 9.18 Å². The predicted molar refractivity (Wildman–Crippen MR) is 89.0 cm³/mol. The molecule has 1 unspecified atom stereocenters. The normalized spacial score (nSPS) is 23.5. The molecular weight excluding hydrogens is 293 g/mol. The van der Waals surface area contributed by atoms with Crippen LogP contribution in [0.5, 0.6) is 0 Å². The van der Waals surface area contributed by atoms with Crippen LogP contribution in [0.4, 0.5) is 4.39 Å². The van der Waals surface area contributed by atoms with Gasteiger partial charge in [-0.2, -0.15) is 0 Å². The molecule has 5 heteroatoms. The van der Waals surface area contributed by atoms with Gasteiger partial charge in [0.05, 0.1) is 0 Å². The van der Waals surface area contributed by atoms with E-state index in [0.717, 1.165) is 58.2 Å². The average Bonchev–Trinajstić information content (AvgIpc) is 2.81. The standard InChI is InChI=1S/C18H26FN3O/c19-17-6-4-16(5-7-17)18(23)22-10-2-9-21(11-12-22)14-15-3-1-8-20-13-15/h4-7,15,20H,1-3,8-14H2. The molecule has 2 fully saturated rings. The molecule has 126 valence electrons. The van der Waals surface area contributed by atoms with E-state index < -0.39 is 0 Å². The van der Waals surface area contributed by atoms with Gasteiger partial charge in [0.1, 0.15) is 5.82 Å². The van der Waals surface area contributed by atoms with Gasteiger partial charge in [0.2, 0.25) is 0 Å². The van der Waals surface area contributed by atoms with Gasteiger partial charge in [0.25, 0.3) is 5.91 Å². The molecule has 1 amide bonds. The molecule has 1 aromatic carbocycles. The maximum Gasteiger partial charge on any atom is 0.253 e. The van der Waals surface area contributed by atoms with E-state index in [1.165, 1.54) is 25.0 Å². The van der Waals surface area contributed by atoms with Gasteiger partial charge in [-0.25, -0.2) is 4.39 Å². The highest BCUT2D eigenvalue weighted by atomic mass is 19.1. The average molecular weight is 319 g/mol. The van der Waals surface area contributed by atoms with E-state index in [-0.39, 0.29) is 11.7 Å². The molecule has 0 aliphatic carbocycles. The molecule has 1 atom stereocenters. The summed E-state index contributed by atoms with van der Waals surface area (Å²) in [7, 11) is 0. The third-order valence-corrected chi connectivity index (χ3v) is 4.88. The number of nitrogens with one attached hydrogen (secondary N) is 1. The summed E-state index contributed by atoms with van der Waals surface area (Å²) < 4.78 is 13.0. The maximum absolute atomic E-state index is 13.0. The predicted octanol–water partition coefficient (Wildman–Crippen LogP) is 1.97. The summed E-state index contributed by atoms with van der Waals surface area (Å²) in [5.74, 6) is 0.457. The fraction of sp³-hybridized carbons (Fsp3) is 0.611. The van der Waals surface area contributed by atoms with Gasteiger partial charge in [-0.1, -0.05) is 0 Å². The van der Waals surface area contributed by atoms with Crippen molar-refractivity contribution in [2.24, 2.45) is 5.92 Å². The smallest absolute Gasteiger partial charge is 0.253 e. The first kappa shape index (κ1) is 16.4. The molecule has 0 bridgehead atoms. The Morgan fingerprint density at radius 3 is 2.70 bits per heavy atom. The number of piperidine rings is 1. The first-order valence-electron chi connectivity index (χ1n) is 8.70. The Morgan fingerprint density at radius 1 is 1.13 bits per heavy atom. The van der Waals surface area contributed by atoms with Crippen LogP contribution in [0.25, 0.3) is 0 Å². The highest BCUT2D eigenvalue weighted by molar-refractivity contribution is 5.94. The number of amides is 1. The van der Waals surface area contributed by atoms with Gasteiger partial charge in [-0.05, 0) is 69.1 Å². The molecule has 0 radical (unpaired) electrons. The summed E-state index contributed by atoms with van der Waals surface area (Å²) in [4.78, 5) is 16.9. The van der Waals surface area contributed by atoms with Crippen molar-refractivity contribution in [1.29, 1.82) is 0 Å². The molecule has 2 heterocycles. The van der Waals surface area contributed by atoms with Gasteiger partial charge < -0.3 is 15.1 Å². The summed E-state index contributed by atoms with van der Waals surface area (Å²) in [6.07, 6.45) is 3.59. The molecule has 3 rings (SSSR count). The molecule has 2 aliphatic rings. The largest absolute Gasteiger partial charge is 0.337 e. The van der Waals surface area contributed by atoms with Crippen LogP contribution in [0, 0.1) is 11.7 Å². The zero-order valence-electron chi connectivity index (χ0n) is 13.6. The Hall–Kier alpha value is -1.46. The van der Waals surface area contributed by atoms with Crippen LogP contribution >= 0.6 is 0 Å². The summed E-state index contributed by atoms with van der Waals surface area (Å²) >= 11 is 0. The van der Waals surface area contributed by atoms with E-state index in [1.807, 2.05) is 4.90 Å². The molecule has 4 nitrogen and oxygen atoms in total. The van der Waals surface area contributed by atoms with Gasteiger partial charge in [0.15, 0.2) is 0 Å². The van der Waals surface area contributed by atoms with Crippen LogP contribution in [-0.4, -0.2) is 61.5 Å². The topological polar surface area (TPSA) is 35.6 Å². The van der Waals surface area contributed by atoms with Crippen molar-refractivity contribution in [3.8, 4) is 0 Å². The SMILES string of the molecule is O=C(c1ccc(F)cc1)N1CCCN(CC2CCCNC2)CC1. The van der Waals surface area contributed by atoms with Crippen LogP contribution in [0.15, 0.2) is 24.3 Å². The van der Waals surface area contributed by atoms with Gasteiger partial charge in [-0.15, -0.1) is 0 Å². The van der Waals surface area contributed by atoms with E-state index in [9.17, 15) is 9.18 Å². The number of hydrogen-bond acceptors (Lipinski definition) is 3. The molecule has 2 aliphatic heterocycles. The monoisotopic (exact) mass is 319 g/mol. The third-order valence-electron chi connectivity index (χ3n) is 4.88. The number of carbonyl (C=O) groups is 1. The number of rotatable bonds is 3. The van der Waals surface area contributed by atoms with Crippen LogP contribution in [0.1, 0.15) is 29.6 Å². The minimum absolute atomic E-state index is 0.0196. The first-order chi connectivity index (χ1) is 11.2. The Labute approximate surface area is 137 Å². The van der Waals surface area contributed by atoms with E-state index in [4.69, 9.17) is 0 Å². The summed E-state index contributed by atoms with van der Waals surface area (Å²) in [6.45, 7) is 6.94. The molecule has 0 saturated carbocycles. The Morgan fingerprint density at radius 2 is 1.96 bits per heavy atom. The van der Waals surface area contributed by atoms with Crippen LogP contribution < -0.4 is 5.32 Å². The molecule has 1 aromatic rings. The second kappa shape index (κ2) is 7.88. The third kappa shape index (κ3) is 4.52. The van der Waals surface area contributed by atoms with Crippen LogP contribution in [0.3, 0.4) is 0 Å². The minimum Gasteiger partial charge on any atom is -0.337 e. The van der Waals surface area contributed by atoms with Crippen molar-refractivity contribution >= 4 is 5.91 Å². The van der Waals surface area contributed by atoms with E-state index in [0.29, 0.717) is 5.56 Å². The summed E-state index contributed by atoms with van der Waals surface area (Å²) in [6, 6.07) is 5.86. The summed E-state index contributed by atoms with van der Waals surface area (Å²) in [5, 5.41) is 3.47. The van der Waals surface area contributed by atoms with Crippen molar-refractivity contribution in [2.45, 2.75) is 19.3 Å². The lowest BCUT2D eigenvalue weighted by molar-refractivity contribution is 0.0760. The van der Waals surface area contributed by atoms with Crippen molar-refractivity contribution in [3.63, 3.8) is 0 Å². The lowest BCUT2D eigenvalue weighted by atomic mass is 9.99. The second-order valence-corrected chi connectivity index (χ2v) is 6.67. The highest BCUT2D eigenvalue weighted by Gasteiger charge is 2.22. The van der Waals surface area contributed by atoms with Crippen LogP contribution in [-0.2, 0) is 0 Å². The number of halogens is 1. The lowest BCUT2D eigenvalue weighted by Gasteiger charge is -2.29. The molecule has 2 saturated heterocycles. The minimum atomic E-state index is -0.301. The summed E-state index contributed by atoms with van der Waals surface area (Å²) in [5.41, 5.74) is 0.580. The zero-order chi connectivity index (χ0) is 16.1. The highest BCUT2D eigenvalue weighted by Crippen LogP contribution is 2.15. The number of nitrogens with zero attached hydrogens (tertiary/aromatic N) is 2. The molecule has 23 heavy (non-hydrogen) atoms. The Balaban J connectivity index is 1.53. The number of benzene rings is 1. The van der Waals surface area contributed by atoms with E-state index in [1.54, 1.807) is 12.1 Å². The van der Waals surface area contributed by atoms with E-state index in [2.05, 4.69) is 10.2 Å². The molecular formula is C18H26FN3O. The number of carbonyl (C=O) groups excluding carboxylic acids is 1. The first-order valence-corrected chi connectivity index (χ1v) is 8.70. The fourth-order valence-corrected chi connectivity index (χ4v) is 3.58. The zero-order valence-corrected chi connectivity index (χ0v) is 13.6. The van der Waals surface area contributed by atoms with Gasteiger partial charge in [0, 0.05) is 31.7 Å².